The summed E-state index contributed by atoms with van der Waals surface area (Å²) in [6, 6.07) is 21.7. The predicted octanol–water partition coefficient (Wildman–Crippen LogP) is 3.68. The fraction of sp³-hybridized carbons (Fsp3) is 0.154. The molecule has 1 aliphatic rings. The van der Waals surface area contributed by atoms with Crippen LogP contribution in [0.3, 0.4) is 0 Å². The maximum absolute atomic E-state index is 13.5. The molecule has 1 heterocycles. The summed E-state index contributed by atoms with van der Waals surface area (Å²) < 4.78 is 5.19. The molecule has 0 aromatic heterocycles. The molecular weight excluding hydrogens is 464 g/mol. The van der Waals surface area contributed by atoms with Gasteiger partial charge in [0.05, 0.1) is 19.2 Å². The highest BCUT2D eigenvalue weighted by molar-refractivity contribution is 7.80. The number of rotatable bonds is 7. The van der Waals surface area contributed by atoms with Gasteiger partial charge in [-0.1, -0.05) is 30.3 Å². The van der Waals surface area contributed by atoms with Crippen molar-refractivity contribution in [1.29, 1.82) is 0 Å². The van der Waals surface area contributed by atoms with E-state index in [1.54, 1.807) is 67.8 Å². The second-order valence-corrected chi connectivity index (χ2v) is 8.33. The molecule has 3 aromatic carbocycles. The van der Waals surface area contributed by atoms with Crippen LogP contribution in [-0.2, 0) is 9.59 Å². The number of carbonyl (C=O) groups is 3. The van der Waals surface area contributed by atoms with Crippen molar-refractivity contribution >= 4 is 46.4 Å². The first-order chi connectivity index (χ1) is 16.9. The maximum atomic E-state index is 13.5. The summed E-state index contributed by atoms with van der Waals surface area (Å²) in [5.74, 6) is -0.628. The second-order valence-electron chi connectivity index (χ2n) is 7.97. The van der Waals surface area contributed by atoms with Crippen molar-refractivity contribution in [2.24, 2.45) is 0 Å². The van der Waals surface area contributed by atoms with Gasteiger partial charge in [0.15, 0.2) is 0 Å². The van der Waals surface area contributed by atoms with E-state index >= 15 is 0 Å². The Balaban J connectivity index is 1.60. The summed E-state index contributed by atoms with van der Waals surface area (Å²) in [5.41, 5.74) is 5.22. The molecule has 35 heavy (non-hydrogen) atoms. The standard InChI is InChI=1S/C26H24N4O4S/c1-17-7-6-10-19(15-17)27-23(31)16-22-25(33)29(20-11-13-21(34-2)14-12-20)26(35)30(22)28-24(32)18-8-4-3-5-9-18/h3-15,22H,16H2,1-2H3,(H,27,31)(H,28,32)/t22-/m1/s1. The molecule has 8 nitrogen and oxygen atoms in total. The van der Waals surface area contributed by atoms with E-state index in [9.17, 15) is 14.4 Å². The van der Waals surface area contributed by atoms with Crippen LogP contribution in [0.2, 0.25) is 0 Å². The number of methoxy groups -OCH3 is 1. The molecule has 0 aliphatic carbocycles. The fourth-order valence-corrected chi connectivity index (χ4v) is 4.11. The molecule has 178 valence electrons. The lowest BCUT2D eigenvalue weighted by Crippen LogP contribution is -2.49. The van der Waals surface area contributed by atoms with Gasteiger partial charge in [-0.2, -0.15) is 0 Å². The Hall–Kier alpha value is -4.24. The van der Waals surface area contributed by atoms with Crippen molar-refractivity contribution in [3.63, 3.8) is 0 Å². The fourth-order valence-electron chi connectivity index (χ4n) is 3.74. The molecule has 0 radical (unpaired) electrons. The zero-order valence-electron chi connectivity index (χ0n) is 19.2. The highest BCUT2D eigenvalue weighted by Gasteiger charge is 2.45. The number of ether oxygens (including phenoxy) is 1. The number of carbonyl (C=O) groups excluding carboxylic acids is 3. The number of hydrazine groups is 1. The van der Waals surface area contributed by atoms with E-state index in [2.05, 4.69) is 10.7 Å². The van der Waals surface area contributed by atoms with Gasteiger partial charge in [-0.15, -0.1) is 0 Å². The topological polar surface area (TPSA) is 91.0 Å². The monoisotopic (exact) mass is 488 g/mol. The molecule has 0 unspecified atom stereocenters. The highest BCUT2D eigenvalue weighted by atomic mass is 32.1. The molecule has 1 fully saturated rings. The van der Waals surface area contributed by atoms with Crippen LogP contribution in [0, 0.1) is 6.92 Å². The van der Waals surface area contributed by atoms with Gasteiger partial charge in [-0.25, -0.2) is 5.01 Å². The molecule has 3 aromatic rings. The van der Waals surface area contributed by atoms with Gasteiger partial charge in [-0.05, 0) is 73.2 Å². The van der Waals surface area contributed by atoms with Gasteiger partial charge < -0.3 is 10.1 Å². The molecule has 1 aliphatic heterocycles. The van der Waals surface area contributed by atoms with Gasteiger partial charge >= 0.3 is 0 Å². The van der Waals surface area contributed by atoms with Gasteiger partial charge in [0.1, 0.15) is 11.8 Å². The normalized spacial score (nSPS) is 15.2. The first kappa shape index (κ1) is 23.9. The third kappa shape index (κ3) is 5.30. The molecular formula is C26H24N4O4S. The van der Waals surface area contributed by atoms with Gasteiger partial charge in [0.2, 0.25) is 11.0 Å². The van der Waals surface area contributed by atoms with E-state index in [1.165, 1.54) is 9.91 Å². The number of thiocarbonyl (C=S) groups is 1. The molecule has 9 heteroatoms. The lowest BCUT2D eigenvalue weighted by Gasteiger charge is -2.24. The van der Waals surface area contributed by atoms with Crippen LogP contribution >= 0.6 is 12.2 Å². The van der Waals surface area contributed by atoms with E-state index in [0.717, 1.165) is 5.56 Å². The number of nitrogens with one attached hydrogen (secondary N) is 2. The smallest absolute Gasteiger partial charge is 0.269 e. The number of nitrogens with zero attached hydrogens (tertiary/aromatic N) is 2. The summed E-state index contributed by atoms with van der Waals surface area (Å²) >= 11 is 5.58. The van der Waals surface area contributed by atoms with Crippen molar-refractivity contribution in [2.75, 3.05) is 17.3 Å². The molecule has 0 saturated carbocycles. The quantitative estimate of drug-likeness (QED) is 0.493. The summed E-state index contributed by atoms with van der Waals surface area (Å²) in [6.45, 7) is 1.92. The first-order valence-corrected chi connectivity index (χ1v) is 11.3. The van der Waals surface area contributed by atoms with Crippen molar-refractivity contribution in [2.45, 2.75) is 19.4 Å². The Bertz CT molecular complexity index is 1260. The van der Waals surface area contributed by atoms with Crippen LogP contribution in [0.4, 0.5) is 11.4 Å². The number of hydrogen-bond donors (Lipinski definition) is 2. The second kappa shape index (κ2) is 10.4. The Kier molecular flexibility index (Phi) is 7.07. The highest BCUT2D eigenvalue weighted by Crippen LogP contribution is 2.28. The van der Waals surface area contributed by atoms with Crippen LogP contribution in [0.15, 0.2) is 78.9 Å². The molecule has 0 bridgehead atoms. The summed E-state index contributed by atoms with van der Waals surface area (Å²) in [6.07, 6.45) is -0.214. The summed E-state index contributed by atoms with van der Waals surface area (Å²) in [7, 11) is 1.55. The van der Waals surface area contributed by atoms with Crippen molar-refractivity contribution in [1.82, 2.24) is 10.4 Å². The number of amides is 3. The lowest BCUT2D eigenvalue weighted by atomic mass is 10.1. The Morgan fingerprint density at radius 3 is 2.37 bits per heavy atom. The van der Waals surface area contributed by atoms with E-state index in [4.69, 9.17) is 17.0 Å². The Morgan fingerprint density at radius 2 is 1.71 bits per heavy atom. The summed E-state index contributed by atoms with van der Waals surface area (Å²) in [4.78, 5) is 40.5. The Morgan fingerprint density at radius 1 is 1.00 bits per heavy atom. The van der Waals surface area contributed by atoms with E-state index < -0.39 is 17.9 Å². The van der Waals surface area contributed by atoms with Crippen LogP contribution in [0.25, 0.3) is 0 Å². The minimum atomic E-state index is -1.03. The maximum Gasteiger partial charge on any atom is 0.269 e. The third-order valence-electron chi connectivity index (χ3n) is 5.48. The SMILES string of the molecule is COc1ccc(N2C(=O)[C@@H](CC(=O)Nc3cccc(C)c3)N(NC(=O)c3ccccc3)C2=S)cc1. The molecule has 3 amide bonds. The van der Waals surface area contributed by atoms with E-state index in [-0.39, 0.29) is 17.4 Å². The zero-order chi connectivity index (χ0) is 24.9. The number of hydrogen-bond acceptors (Lipinski definition) is 5. The van der Waals surface area contributed by atoms with Crippen LogP contribution in [0.1, 0.15) is 22.3 Å². The molecule has 0 spiro atoms. The van der Waals surface area contributed by atoms with Crippen molar-refractivity contribution < 1.29 is 19.1 Å². The average molecular weight is 489 g/mol. The first-order valence-electron chi connectivity index (χ1n) is 10.9. The Labute approximate surface area is 208 Å². The molecule has 2 N–H and O–H groups in total. The van der Waals surface area contributed by atoms with Crippen LogP contribution in [-0.4, -0.2) is 41.0 Å². The van der Waals surface area contributed by atoms with Gasteiger partial charge in [0, 0.05) is 11.3 Å². The van der Waals surface area contributed by atoms with Crippen molar-refractivity contribution in [3.8, 4) is 5.75 Å². The van der Waals surface area contributed by atoms with Crippen LogP contribution in [0.5, 0.6) is 5.75 Å². The minimum absolute atomic E-state index is 0.0674. The molecule has 4 rings (SSSR count). The lowest BCUT2D eigenvalue weighted by molar-refractivity contribution is -0.124. The van der Waals surface area contributed by atoms with E-state index in [0.29, 0.717) is 22.7 Å². The summed E-state index contributed by atoms with van der Waals surface area (Å²) in [5, 5.41) is 4.16. The predicted molar refractivity (Wildman–Crippen MR) is 137 cm³/mol. The average Bonchev–Trinajstić information content (AvgIpc) is 3.08. The van der Waals surface area contributed by atoms with Gasteiger partial charge in [0.25, 0.3) is 11.8 Å². The number of aryl methyl sites for hydroxylation is 1. The largest absolute Gasteiger partial charge is 0.497 e. The minimum Gasteiger partial charge on any atom is -0.497 e. The molecule has 1 saturated heterocycles. The van der Waals surface area contributed by atoms with E-state index in [1.807, 2.05) is 25.1 Å². The zero-order valence-corrected chi connectivity index (χ0v) is 20.0. The third-order valence-corrected chi connectivity index (χ3v) is 5.86. The van der Waals surface area contributed by atoms with Gasteiger partial charge in [-0.3, -0.25) is 24.7 Å². The number of benzene rings is 3. The number of anilines is 2. The van der Waals surface area contributed by atoms with Crippen LogP contribution < -0.4 is 20.4 Å². The van der Waals surface area contributed by atoms with Crippen molar-refractivity contribution in [3.05, 3.63) is 90.0 Å². The molecule has 1 atom stereocenters.